The zero-order chi connectivity index (χ0) is 13.2. The van der Waals surface area contributed by atoms with E-state index >= 15 is 0 Å². The van der Waals surface area contributed by atoms with Gasteiger partial charge in [0.1, 0.15) is 5.70 Å². The summed E-state index contributed by atoms with van der Waals surface area (Å²) in [6, 6.07) is 3.27. The summed E-state index contributed by atoms with van der Waals surface area (Å²) in [6.45, 7) is 0. The number of nitrogens with zero attached hydrogens (tertiary/aromatic N) is 2. The van der Waals surface area contributed by atoms with E-state index < -0.39 is 16.2 Å². The van der Waals surface area contributed by atoms with Crippen LogP contribution in [0, 0.1) is 0 Å². The normalized spacial score (nSPS) is 17.2. The highest BCUT2D eigenvalue weighted by molar-refractivity contribution is 7.88. The first kappa shape index (κ1) is 12.2. The highest BCUT2D eigenvalue weighted by Crippen LogP contribution is 2.11. The molecule has 8 heteroatoms. The quantitative estimate of drug-likeness (QED) is 0.747. The van der Waals surface area contributed by atoms with Crippen molar-refractivity contribution in [1.82, 2.24) is 9.71 Å². The number of hydrogen-bond acceptors (Lipinski definition) is 5. The summed E-state index contributed by atoms with van der Waals surface area (Å²) < 4.78 is 33.0. The fraction of sp³-hybridized carbons (Fsp3) is 0.100. The average Bonchev–Trinajstić information content (AvgIpc) is 2.37. The third-order valence-corrected chi connectivity index (χ3v) is 3.02. The fourth-order valence-corrected chi connectivity index (χ4v) is 2.23. The first-order valence-electron chi connectivity index (χ1n) is 4.85. The van der Waals surface area contributed by atoms with Crippen LogP contribution in [0.25, 0.3) is 0 Å². The standard InChI is InChI=1S/C10H9N3O4S/c1-17-10(14)9-5-8(12-18(15,16)13-9)7-3-2-4-11-6-7/h2-6,13H,1H3. The molecule has 1 aromatic heterocycles. The minimum atomic E-state index is -3.94. The van der Waals surface area contributed by atoms with Crippen molar-refractivity contribution in [1.29, 1.82) is 0 Å². The molecule has 0 radical (unpaired) electrons. The van der Waals surface area contributed by atoms with E-state index in [1.807, 2.05) is 4.72 Å². The van der Waals surface area contributed by atoms with Crippen LogP contribution in [0.15, 0.2) is 40.7 Å². The molecular weight excluding hydrogens is 258 g/mol. The molecule has 0 amide bonds. The molecule has 1 aromatic rings. The number of hydrogen-bond donors (Lipinski definition) is 1. The van der Waals surface area contributed by atoms with Crippen molar-refractivity contribution in [2.75, 3.05) is 7.11 Å². The van der Waals surface area contributed by atoms with Crippen molar-refractivity contribution in [3.05, 3.63) is 41.9 Å². The van der Waals surface area contributed by atoms with Gasteiger partial charge in [0.15, 0.2) is 0 Å². The summed E-state index contributed by atoms with van der Waals surface area (Å²) >= 11 is 0. The number of pyridine rings is 1. The minimum absolute atomic E-state index is 0.127. The molecule has 0 spiro atoms. The number of ether oxygens (including phenoxy) is 1. The largest absolute Gasteiger partial charge is 0.464 e. The Morgan fingerprint density at radius 1 is 1.44 bits per heavy atom. The molecule has 0 saturated carbocycles. The maximum Gasteiger partial charge on any atom is 0.355 e. The molecule has 1 aliphatic rings. The number of carbonyl (C=O) groups excluding carboxylic acids is 1. The molecule has 1 N–H and O–H groups in total. The van der Waals surface area contributed by atoms with Crippen molar-refractivity contribution in [2.45, 2.75) is 0 Å². The van der Waals surface area contributed by atoms with Crippen molar-refractivity contribution in [2.24, 2.45) is 4.40 Å². The second-order valence-corrected chi connectivity index (χ2v) is 4.68. The Morgan fingerprint density at radius 3 is 2.83 bits per heavy atom. The lowest BCUT2D eigenvalue weighted by Gasteiger charge is -2.13. The number of esters is 1. The van der Waals surface area contributed by atoms with E-state index in [0.717, 1.165) is 7.11 Å². The number of aromatic nitrogens is 1. The van der Waals surface area contributed by atoms with Crippen LogP contribution in [0.4, 0.5) is 0 Å². The van der Waals surface area contributed by atoms with Crippen LogP contribution in [-0.4, -0.2) is 32.2 Å². The van der Waals surface area contributed by atoms with Crippen LogP contribution in [0.2, 0.25) is 0 Å². The Bertz CT molecular complexity index is 634. The van der Waals surface area contributed by atoms with Crippen LogP contribution in [-0.2, 0) is 19.7 Å². The summed E-state index contributed by atoms with van der Waals surface area (Å²) in [6.07, 6.45) is 4.29. The van der Waals surface area contributed by atoms with Crippen molar-refractivity contribution in [3.8, 4) is 0 Å². The second-order valence-electron chi connectivity index (χ2n) is 3.34. The molecule has 0 fully saturated rings. The molecule has 0 bridgehead atoms. The van der Waals surface area contributed by atoms with Gasteiger partial charge in [-0.2, -0.15) is 8.42 Å². The van der Waals surface area contributed by atoms with Gasteiger partial charge < -0.3 is 4.74 Å². The van der Waals surface area contributed by atoms with E-state index in [4.69, 9.17) is 0 Å². The fourth-order valence-electron chi connectivity index (χ4n) is 1.34. The first-order valence-corrected chi connectivity index (χ1v) is 6.29. The van der Waals surface area contributed by atoms with Crippen LogP contribution < -0.4 is 4.72 Å². The van der Waals surface area contributed by atoms with Gasteiger partial charge in [-0.1, -0.05) is 0 Å². The van der Waals surface area contributed by atoms with Gasteiger partial charge in [-0.25, -0.2) is 4.79 Å². The monoisotopic (exact) mass is 267 g/mol. The third kappa shape index (κ3) is 2.54. The molecule has 18 heavy (non-hydrogen) atoms. The van der Waals surface area contributed by atoms with Gasteiger partial charge in [0, 0.05) is 18.0 Å². The maximum atomic E-state index is 11.5. The minimum Gasteiger partial charge on any atom is -0.464 e. The smallest absolute Gasteiger partial charge is 0.355 e. The summed E-state index contributed by atoms with van der Waals surface area (Å²) in [7, 11) is -2.78. The molecule has 2 heterocycles. The van der Waals surface area contributed by atoms with E-state index in [-0.39, 0.29) is 11.4 Å². The van der Waals surface area contributed by atoms with Gasteiger partial charge in [0.2, 0.25) is 0 Å². The Hall–Kier alpha value is -2.22. The number of allylic oxidation sites excluding steroid dienone is 1. The highest BCUT2D eigenvalue weighted by atomic mass is 32.2. The zero-order valence-corrected chi connectivity index (χ0v) is 10.1. The van der Waals surface area contributed by atoms with Gasteiger partial charge in [-0.15, -0.1) is 4.40 Å². The first-order chi connectivity index (χ1) is 8.52. The van der Waals surface area contributed by atoms with E-state index in [1.54, 1.807) is 18.3 Å². The predicted octanol–water partition coefficient (Wildman–Crippen LogP) is -0.224. The van der Waals surface area contributed by atoms with Gasteiger partial charge in [0.05, 0.1) is 12.8 Å². The van der Waals surface area contributed by atoms with E-state index in [0.29, 0.717) is 5.56 Å². The van der Waals surface area contributed by atoms with Crippen molar-refractivity contribution in [3.63, 3.8) is 0 Å². The van der Waals surface area contributed by atoms with E-state index in [9.17, 15) is 13.2 Å². The molecule has 0 saturated heterocycles. The predicted molar refractivity (Wildman–Crippen MR) is 62.9 cm³/mol. The van der Waals surface area contributed by atoms with Crippen LogP contribution in [0.3, 0.4) is 0 Å². The summed E-state index contributed by atoms with van der Waals surface area (Å²) in [4.78, 5) is 15.2. The molecule has 1 aliphatic heterocycles. The molecule has 0 aromatic carbocycles. The number of nitrogens with one attached hydrogen (secondary N) is 1. The van der Waals surface area contributed by atoms with Gasteiger partial charge in [-0.05, 0) is 18.2 Å². The Morgan fingerprint density at radius 2 is 2.22 bits per heavy atom. The van der Waals surface area contributed by atoms with Crippen LogP contribution in [0.1, 0.15) is 5.56 Å². The summed E-state index contributed by atoms with van der Waals surface area (Å²) in [5, 5.41) is 0. The van der Waals surface area contributed by atoms with Crippen molar-refractivity contribution < 1.29 is 17.9 Å². The lowest BCUT2D eigenvalue weighted by Crippen LogP contribution is -2.31. The summed E-state index contributed by atoms with van der Waals surface area (Å²) in [5.74, 6) is -0.783. The van der Waals surface area contributed by atoms with Crippen molar-refractivity contribution >= 4 is 21.9 Å². The molecule has 0 atom stereocenters. The van der Waals surface area contributed by atoms with Gasteiger partial charge in [-0.3, -0.25) is 9.71 Å². The second kappa shape index (κ2) is 4.57. The molecule has 7 nitrogen and oxygen atoms in total. The van der Waals surface area contributed by atoms with Crippen LogP contribution >= 0.6 is 0 Å². The number of methoxy groups -OCH3 is 1. The van der Waals surface area contributed by atoms with E-state index in [1.165, 1.54) is 12.3 Å². The molecule has 2 rings (SSSR count). The van der Waals surface area contributed by atoms with Gasteiger partial charge in [0.25, 0.3) is 0 Å². The zero-order valence-electron chi connectivity index (χ0n) is 9.32. The highest BCUT2D eigenvalue weighted by Gasteiger charge is 2.23. The van der Waals surface area contributed by atoms with Crippen LogP contribution in [0.5, 0.6) is 0 Å². The number of carbonyl (C=O) groups is 1. The SMILES string of the molecule is COC(=O)C1=CC(c2cccnc2)=NS(=O)(=O)N1. The lowest BCUT2D eigenvalue weighted by molar-refractivity contribution is -0.136. The Labute approximate surface area is 103 Å². The average molecular weight is 267 g/mol. The Kier molecular flexibility index (Phi) is 3.11. The maximum absolute atomic E-state index is 11.5. The third-order valence-electron chi connectivity index (χ3n) is 2.10. The van der Waals surface area contributed by atoms with Gasteiger partial charge >= 0.3 is 16.2 Å². The summed E-state index contributed by atoms with van der Waals surface area (Å²) in [5.41, 5.74) is 0.428. The lowest BCUT2D eigenvalue weighted by atomic mass is 10.1. The Balaban J connectivity index is 2.49. The number of rotatable bonds is 2. The molecule has 0 aliphatic carbocycles. The van der Waals surface area contributed by atoms with E-state index in [2.05, 4.69) is 14.1 Å². The molecule has 0 unspecified atom stereocenters. The topological polar surface area (TPSA) is 97.7 Å². The molecule has 94 valence electrons. The molecular formula is C10H9N3O4S.